The van der Waals surface area contributed by atoms with Crippen LogP contribution < -0.4 is 0 Å². The lowest BCUT2D eigenvalue weighted by atomic mass is 10.6. The van der Waals surface area contributed by atoms with Gasteiger partial charge in [-0.15, -0.1) is 0 Å². The van der Waals surface area contributed by atoms with Crippen molar-refractivity contribution in [2.75, 3.05) is 0 Å². The first-order valence-corrected chi connectivity index (χ1v) is 5.80. The molecule has 0 radical (unpaired) electrons. The van der Waals surface area contributed by atoms with Crippen LogP contribution in [0.5, 0.6) is 0 Å². The van der Waals surface area contributed by atoms with Crippen LogP contribution in [0, 0.1) is 0 Å². The monoisotopic (exact) mass is 423 g/mol. The molecule has 0 aliphatic carbocycles. The highest BCUT2D eigenvalue weighted by Gasteiger charge is 2.71. The molecule has 0 aromatic carbocycles. The largest absolute Gasteiger partial charge is 0.743 e. The molecule has 0 N–H and O–H groups in total. The predicted octanol–water partition coefficient (Wildman–Crippen LogP) is 2.35. The van der Waals surface area contributed by atoms with Crippen LogP contribution in [0.3, 0.4) is 0 Å². The van der Waals surface area contributed by atoms with E-state index >= 15 is 0 Å². The van der Waals surface area contributed by atoms with E-state index in [1.165, 1.54) is 0 Å². The number of ether oxygens (including phenoxy) is 1. The second-order valence-electron chi connectivity index (χ2n) is 2.60. The SMILES string of the molecule is O=S(=O)([O-])C(F)(F)C(F)(F)OC(F)(F)C(F)(F)I. The minimum Gasteiger partial charge on any atom is -0.743 e. The van der Waals surface area contributed by atoms with Gasteiger partial charge in [-0.1, -0.05) is 0 Å². The molecule has 18 heavy (non-hydrogen) atoms. The van der Waals surface area contributed by atoms with Gasteiger partial charge in [0.15, 0.2) is 10.1 Å². The van der Waals surface area contributed by atoms with Crippen LogP contribution in [0.1, 0.15) is 0 Å². The van der Waals surface area contributed by atoms with Gasteiger partial charge >= 0.3 is 21.4 Å². The summed E-state index contributed by atoms with van der Waals surface area (Å²) in [4.78, 5) is 0. The average molecular weight is 423 g/mol. The fourth-order valence-corrected chi connectivity index (χ4v) is 0.867. The zero-order valence-corrected chi connectivity index (χ0v) is 10.4. The van der Waals surface area contributed by atoms with Crippen molar-refractivity contribution in [3.63, 3.8) is 0 Å². The first-order chi connectivity index (χ1) is 7.46. The van der Waals surface area contributed by atoms with E-state index in [1.807, 2.05) is 4.74 Å². The fraction of sp³-hybridized carbons (Fsp3) is 1.00. The van der Waals surface area contributed by atoms with Crippen molar-refractivity contribution in [1.82, 2.24) is 0 Å². The van der Waals surface area contributed by atoms with Crippen LogP contribution in [0.15, 0.2) is 0 Å². The van der Waals surface area contributed by atoms with E-state index in [9.17, 15) is 48.1 Å². The minimum atomic E-state index is -7.12. The molecule has 0 aliphatic heterocycles. The molecule has 14 heteroatoms. The van der Waals surface area contributed by atoms with Gasteiger partial charge in [0.25, 0.3) is 0 Å². The summed E-state index contributed by atoms with van der Waals surface area (Å²) in [6, 6.07) is 0. The molecule has 0 fully saturated rings. The van der Waals surface area contributed by atoms with Crippen LogP contribution in [-0.2, 0) is 14.9 Å². The third kappa shape index (κ3) is 3.32. The Morgan fingerprint density at radius 3 is 1.44 bits per heavy atom. The van der Waals surface area contributed by atoms with Crippen LogP contribution in [0.25, 0.3) is 0 Å². The van der Waals surface area contributed by atoms with E-state index in [0.717, 1.165) is 0 Å². The fourth-order valence-electron chi connectivity index (χ4n) is 0.424. The summed E-state index contributed by atoms with van der Waals surface area (Å²) in [7, 11) is -7.12. The summed E-state index contributed by atoms with van der Waals surface area (Å²) in [6.07, 6.45) is -12.8. The summed E-state index contributed by atoms with van der Waals surface area (Å²) in [5, 5.41) is -6.65. The Balaban J connectivity index is 5.47. The maximum absolute atomic E-state index is 12.4. The lowest BCUT2D eigenvalue weighted by Crippen LogP contribution is -2.54. The van der Waals surface area contributed by atoms with Crippen molar-refractivity contribution in [3.8, 4) is 0 Å². The first-order valence-electron chi connectivity index (χ1n) is 3.31. The second-order valence-corrected chi connectivity index (χ2v) is 5.38. The highest BCUT2D eigenvalue weighted by Crippen LogP contribution is 2.48. The zero-order valence-electron chi connectivity index (χ0n) is 7.44. The summed E-state index contributed by atoms with van der Waals surface area (Å²) >= 11 is -0.406. The normalized spacial score (nSPS) is 15.9. The van der Waals surface area contributed by atoms with Crippen LogP contribution in [0.4, 0.5) is 35.1 Å². The van der Waals surface area contributed by atoms with E-state index < -0.39 is 54.1 Å². The summed E-state index contributed by atoms with van der Waals surface area (Å²) in [5.74, 6) is 0. The molecule has 4 nitrogen and oxygen atoms in total. The van der Waals surface area contributed by atoms with Gasteiger partial charge in [-0.2, -0.15) is 35.1 Å². The molecule has 0 saturated heterocycles. The lowest BCUT2D eigenvalue weighted by Gasteiger charge is -2.31. The van der Waals surface area contributed by atoms with Crippen LogP contribution >= 0.6 is 22.6 Å². The van der Waals surface area contributed by atoms with Gasteiger partial charge in [-0.05, 0) is 0 Å². The van der Waals surface area contributed by atoms with Gasteiger partial charge in [-0.25, -0.2) is 13.2 Å². The third-order valence-corrected chi connectivity index (χ3v) is 2.73. The Hall–Kier alpha value is 0.0400. The van der Waals surface area contributed by atoms with Crippen molar-refractivity contribution < 1.29 is 52.8 Å². The van der Waals surface area contributed by atoms with E-state index in [1.54, 1.807) is 0 Å². The van der Waals surface area contributed by atoms with Crippen molar-refractivity contribution >= 4 is 32.7 Å². The first kappa shape index (κ1) is 18.0. The second kappa shape index (κ2) is 4.55. The summed E-state index contributed by atoms with van der Waals surface area (Å²) in [5.41, 5.74) is 0. The molecule has 0 saturated carbocycles. The molecule has 0 spiro atoms. The van der Waals surface area contributed by atoms with Crippen LogP contribution in [-0.4, -0.2) is 34.4 Å². The maximum Gasteiger partial charge on any atom is 0.438 e. The summed E-state index contributed by atoms with van der Waals surface area (Å²) < 4.78 is 123. The highest BCUT2D eigenvalue weighted by molar-refractivity contribution is 14.1. The molecule has 0 bridgehead atoms. The Bertz CT molecular complexity index is 413. The molecule has 0 rings (SSSR count). The molecule has 0 aliphatic rings. The Morgan fingerprint density at radius 1 is 0.889 bits per heavy atom. The Morgan fingerprint density at radius 2 is 1.22 bits per heavy atom. The topological polar surface area (TPSA) is 66.4 Å². The molecule has 0 heterocycles. The van der Waals surface area contributed by atoms with Crippen molar-refractivity contribution in [2.24, 2.45) is 0 Å². The Labute approximate surface area is 107 Å². The van der Waals surface area contributed by atoms with E-state index in [4.69, 9.17) is 0 Å². The maximum atomic E-state index is 12.4. The number of hydrogen-bond acceptors (Lipinski definition) is 4. The van der Waals surface area contributed by atoms with Gasteiger partial charge in [0.1, 0.15) is 0 Å². The molecular weight excluding hydrogens is 423 g/mol. The third-order valence-electron chi connectivity index (χ3n) is 1.24. The quantitative estimate of drug-likeness (QED) is 0.295. The predicted molar refractivity (Wildman–Crippen MR) is 44.6 cm³/mol. The molecule has 110 valence electrons. The van der Waals surface area contributed by atoms with E-state index in [-0.39, 0.29) is 0 Å². The van der Waals surface area contributed by atoms with Gasteiger partial charge in [0, 0.05) is 22.6 Å². The smallest absolute Gasteiger partial charge is 0.438 e. The molecule has 0 aromatic heterocycles. The van der Waals surface area contributed by atoms with Crippen molar-refractivity contribution in [2.45, 2.75) is 21.4 Å². The molecular formula is C4F8IO4S-. The van der Waals surface area contributed by atoms with Crippen LogP contribution in [0.2, 0.25) is 0 Å². The number of hydrogen-bond donors (Lipinski definition) is 0. The molecule has 0 aromatic rings. The molecule has 0 amide bonds. The molecule has 0 unspecified atom stereocenters. The van der Waals surface area contributed by atoms with E-state index in [2.05, 4.69) is 0 Å². The van der Waals surface area contributed by atoms with E-state index in [0.29, 0.717) is 0 Å². The standard InChI is InChI=1S/C4HF8IO4S/c5-1(6,13)2(7,8)17-3(9,10)4(11,12)18(14,15)16/h(H,14,15,16)/p-1. The number of halogens is 9. The average Bonchev–Trinajstić information content (AvgIpc) is 1.96. The van der Waals surface area contributed by atoms with Gasteiger partial charge in [-0.3, -0.25) is 0 Å². The number of rotatable bonds is 5. The molecule has 0 atom stereocenters. The number of alkyl halides is 9. The van der Waals surface area contributed by atoms with Gasteiger partial charge < -0.3 is 4.55 Å². The van der Waals surface area contributed by atoms with Crippen molar-refractivity contribution in [1.29, 1.82) is 0 Å². The van der Waals surface area contributed by atoms with Crippen molar-refractivity contribution in [3.05, 3.63) is 0 Å². The summed E-state index contributed by atoms with van der Waals surface area (Å²) in [6.45, 7) is 0. The van der Waals surface area contributed by atoms with Gasteiger partial charge in [0.2, 0.25) is 0 Å². The minimum absolute atomic E-state index is 0.406. The van der Waals surface area contributed by atoms with Gasteiger partial charge in [0.05, 0.1) is 0 Å². The Kier molecular flexibility index (Phi) is 4.56. The zero-order chi connectivity index (χ0) is 15.2. The lowest BCUT2D eigenvalue weighted by molar-refractivity contribution is -0.438. The highest BCUT2D eigenvalue weighted by atomic mass is 127.